The predicted octanol–water partition coefficient (Wildman–Crippen LogP) is 4.83. The second-order valence-corrected chi connectivity index (χ2v) is 8.86. The number of fused-ring (bicyclic) bond motifs is 1. The molecule has 0 radical (unpaired) electrons. The maximum atomic E-state index is 13.0. The maximum absolute atomic E-state index is 13.0. The van der Waals surface area contributed by atoms with Gasteiger partial charge < -0.3 is 15.4 Å². The van der Waals surface area contributed by atoms with Crippen LogP contribution in [0.15, 0.2) is 48.5 Å². The van der Waals surface area contributed by atoms with Crippen LogP contribution in [-0.4, -0.2) is 24.3 Å². The first-order valence-corrected chi connectivity index (χ1v) is 10.3. The molecule has 2 aromatic carbocycles. The lowest BCUT2D eigenvalue weighted by atomic mass is 9.85. The number of ketones is 1. The van der Waals surface area contributed by atoms with Gasteiger partial charge >= 0.3 is 0 Å². The number of hydrogen-bond donors (Lipinski definition) is 2. The lowest BCUT2D eigenvalue weighted by molar-refractivity contribution is -0.116. The minimum absolute atomic E-state index is 0.0512. The van der Waals surface area contributed by atoms with Gasteiger partial charge in [0, 0.05) is 40.5 Å². The Kier molecular flexibility index (Phi) is 6.30. The molecule has 0 fully saturated rings. The number of anilines is 1. The summed E-state index contributed by atoms with van der Waals surface area (Å²) in [6, 6.07) is 13.0. The van der Waals surface area contributed by atoms with Gasteiger partial charge in [0.15, 0.2) is 5.78 Å². The van der Waals surface area contributed by atoms with Gasteiger partial charge in [0.25, 0.3) is 0 Å². The van der Waals surface area contributed by atoms with E-state index in [1.165, 1.54) is 5.56 Å². The van der Waals surface area contributed by atoms with Crippen molar-refractivity contribution >= 4 is 23.1 Å². The van der Waals surface area contributed by atoms with Crippen LogP contribution in [0, 0.1) is 5.92 Å². The fourth-order valence-corrected chi connectivity index (χ4v) is 3.70. The highest BCUT2D eigenvalue weighted by Gasteiger charge is 2.28. The van der Waals surface area contributed by atoms with Crippen molar-refractivity contribution < 1.29 is 14.3 Å². The Labute approximate surface area is 178 Å². The lowest BCUT2D eigenvalue weighted by Gasteiger charge is -2.35. The summed E-state index contributed by atoms with van der Waals surface area (Å²) < 4.78 is 5.37. The van der Waals surface area contributed by atoms with Crippen molar-refractivity contribution in [3.8, 4) is 5.75 Å². The SMILES string of the molecule is COc1ccc2c(c1)C(=CC(=O)c1cccc(NC(=O)CC(C)C)c1)NC(C)(C)C2. The van der Waals surface area contributed by atoms with E-state index in [1.54, 1.807) is 37.5 Å². The van der Waals surface area contributed by atoms with Crippen molar-refractivity contribution in [3.63, 3.8) is 0 Å². The molecule has 3 rings (SSSR count). The monoisotopic (exact) mass is 406 g/mol. The third-order valence-electron chi connectivity index (χ3n) is 5.01. The molecule has 30 heavy (non-hydrogen) atoms. The van der Waals surface area contributed by atoms with Crippen LogP contribution in [0.25, 0.3) is 5.70 Å². The van der Waals surface area contributed by atoms with Crippen molar-refractivity contribution in [3.05, 3.63) is 65.2 Å². The van der Waals surface area contributed by atoms with E-state index in [1.807, 2.05) is 26.0 Å². The molecule has 0 saturated carbocycles. The molecule has 5 heteroatoms. The number of carbonyl (C=O) groups excluding carboxylic acids is 2. The average molecular weight is 407 g/mol. The first-order chi connectivity index (χ1) is 14.2. The largest absolute Gasteiger partial charge is 0.497 e. The molecule has 0 bridgehead atoms. The smallest absolute Gasteiger partial charge is 0.224 e. The van der Waals surface area contributed by atoms with Crippen LogP contribution in [0.3, 0.4) is 0 Å². The summed E-state index contributed by atoms with van der Waals surface area (Å²) in [5.41, 5.74) is 3.92. The summed E-state index contributed by atoms with van der Waals surface area (Å²) in [6.45, 7) is 8.22. The fourth-order valence-electron chi connectivity index (χ4n) is 3.70. The second kappa shape index (κ2) is 8.74. The Bertz CT molecular complexity index is 990. The van der Waals surface area contributed by atoms with Gasteiger partial charge in [-0.15, -0.1) is 0 Å². The Hall–Kier alpha value is -3.08. The summed E-state index contributed by atoms with van der Waals surface area (Å²) in [6.07, 6.45) is 2.93. The molecule has 158 valence electrons. The van der Waals surface area contributed by atoms with Gasteiger partial charge in [0.05, 0.1) is 7.11 Å². The molecule has 0 aliphatic carbocycles. The number of nitrogens with one attached hydrogen (secondary N) is 2. The summed E-state index contributed by atoms with van der Waals surface area (Å²) in [7, 11) is 1.63. The van der Waals surface area contributed by atoms with Crippen molar-refractivity contribution in [2.24, 2.45) is 5.92 Å². The number of methoxy groups -OCH3 is 1. The van der Waals surface area contributed by atoms with Gasteiger partial charge in [-0.25, -0.2) is 0 Å². The molecule has 1 aliphatic rings. The molecule has 0 spiro atoms. The highest BCUT2D eigenvalue weighted by Crippen LogP contribution is 2.32. The molecular formula is C25H30N2O3. The zero-order valence-corrected chi connectivity index (χ0v) is 18.3. The molecular weight excluding hydrogens is 376 g/mol. The molecule has 0 atom stereocenters. The van der Waals surface area contributed by atoms with E-state index in [4.69, 9.17) is 4.74 Å². The molecule has 1 amide bonds. The van der Waals surface area contributed by atoms with Crippen LogP contribution in [0.4, 0.5) is 5.69 Å². The molecule has 1 aliphatic heterocycles. The van der Waals surface area contributed by atoms with Gasteiger partial charge in [-0.05, 0) is 56.0 Å². The van der Waals surface area contributed by atoms with E-state index in [-0.39, 0.29) is 23.1 Å². The first kappa shape index (κ1) is 21.6. The van der Waals surface area contributed by atoms with E-state index in [0.29, 0.717) is 17.7 Å². The van der Waals surface area contributed by atoms with E-state index in [2.05, 4.69) is 30.5 Å². The summed E-state index contributed by atoms with van der Waals surface area (Å²) in [5.74, 6) is 0.856. The molecule has 2 N–H and O–H groups in total. The topological polar surface area (TPSA) is 67.4 Å². The first-order valence-electron chi connectivity index (χ1n) is 10.3. The minimum atomic E-state index is -0.166. The number of hydrogen-bond acceptors (Lipinski definition) is 4. The van der Waals surface area contributed by atoms with Gasteiger partial charge in [-0.2, -0.15) is 0 Å². The van der Waals surface area contributed by atoms with E-state index in [9.17, 15) is 9.59 Å². The van der Waals surface area contributed by atoms with Crippen LogP contribution < -0.4 is 15.4 Å². The Balaban J connectivity index is 1.89. The van der Waals surface area contributed by atoms with Gasteiger partial charge in [0.1, 0.15) is 5.75 Å². The average Bonchev–Trinajstić information content (AvgIpc) is 2.66. The Morgan fingerprint density at radius 1 is 1.20 bits per heavy atom. The van der Waals surface area contributed by atoms with Crippen molar-refractivity contribution in [2.45, 2.75) is 46.1 Å². The standard InChI is InChI=1S/C25H30N2O3/c1-16(2)11-24(29)26-19-8-6-7-17(12-19)23(28)14-22-21-13-20(30-5)10-9-18(21)15-25(3,4)27-22/h6-10,12-14,16,27H,11,15H2,1-5H3,(H,26,29). The number of ether oxygens (including phenoxy) is 1. The third kappa shape index (κ3) is 5.29. The third-order valence-corrected chi connectivity index (χ3v) is 5.01. The van der Waals surface area contributed by atoms with E-state index in [0.717, 1.165) is 23.4 Å². The molecule has 5 nitrogen and oxygen atoms in total. The number of benzene rings is 2. The predicted molar refractivity (Wildman–Crippen MR) is 121 cm³/mol. The zero-order chi connectivity index (χ0) is 21.9. The van der Waals surface area contributed by atoms with Crippen molar-refractivity contribution in [1.82, 2.24) is 5.32 Å². The Morgan fingerprint density at radius 3 is 2.67 bits per heavy atom. The normalized spacial score (nSPS) is 16.0. The van der Waals surface area contributed by atoms with Crippen LogP contribution in [-0.2, 0) is 11.2 Å². The summed E-state index contributed by atoms with van der Waals surface area (Å²) >= 11 is 0. The van der Waals surface area contributed by atoms with Crippen molar-refractivity contribution in [1.29, 1.82) is 0 Å². The second-order valence-electron chi connectivity index (χ2n) is 8.86. The summed E-state index contributed by atoms with van der Waals surface area (Å²) in [4.78, 5) is 25.1. The summed E-state index contributed by atoms with van der Waals surface area (Å²) in [5, 5.41) is 6.36. The number of rotatable bonds is 6. The molecule has 2 aromatic rings. The van der Waals surface area contributed by atoms with E-state index < -0.39 is 0 Å². The van der Waals surface area contributed by atoms with Gasteiger partial charge in [-0.1, -0.05) is 32.0 Å². The van der Waals surface area contributed by atoms with Crippen LogP contribution in [0.2, 0.25) is 0 Å². The van der Waals surface area contributed by atoms with Crippen LogP contribution >= 0.6 is 0 Å². The number of amides is 1. The van der Waals surface area contributed by atoms with Gasteiger partial charge in [0.2, 0.25) is 5.91 Å². The van der Waals surface area contributed by atoms with E-state index >= 15 is 0 Å². The number of allylic oxidation sites excluding steroid dienone is 1. The fraction of sp³-hybridized carbons (Fsp3) is 0.360. The van der Waals surface area contributed by atoms with Crippen LogP contribution in [0.5, 0.6) is 5.75 Å². The quantitative estimate of drug-likeness (QED) is 0.533. The number of carbonyl (C=O) groups is 2. The molecule has 0 aromatic heterocycles. The highest BCUT2D eigenvalue weighted by atomic mass is 16.5. The molecule has 0 saturated heterocycles. The molecule has 0 unspecified atom stereocenters. The molecule has 1 heterocycles. The minimum Gasteiger partial charge on any atom is -0.497 e. The lowest BCUT2D eigenvalue weighted by Crippen LogP contribution is -2.43. The van der Waals surface area contributed by atoms with Gasteiger partial charge in [-0.3, -0.25) is 9.59 Å². The highest BCUT2D eigenvalue weighted by molar-refractivity contribution is 6.09. The maximum Gasteiger partial charge on any atom is 0.224 e. The van der Waals surface area contributed by atoms with Crippen LogP contribution in [0.1, 0.15) is 55.6 Å². The van der Waals surface area contributed by atoms with Crippen molar-refractivity contribution in [2.75, 3.05) is 12.4 Å². The zero-order valence-electron chi connectivity index (χ0n) is 18.3. The Morgan fingerprint density at radius 2 is 1.97 bits per heavy atom.